The van der Waals surface area contributed by atoms with Crippen molar-refractivity contribution in [3.05, 3.63) is 11.9 Å². The van der Waals surface area contributed by atoms with Crippen LogP contribution in [0.25, 0.3) is 0 Å². The van der Waals surface area contributed by atoms with Gasteiger partial charge in [-0.3, -0.25) is 0 Å². The number of rotatable bonds is 7. The third kappa shape index (κ3) is 4.84. The molecular weight excluding hydrogens is 262 g/mol. The van der Waals surface area contributed by atoms with Crippen molar-refractivity contribution in [2.24, 2.45) is 0 Å². The third-order valence-corrected chi connectivity index (χ3v) is 3.91. The first-order valence-electron chi connectivity index (χ1n) is 8.35. The molecule has 1 atom stereocenters. The molecule has 2 rings (SSSR count). The summed E-state index contributed by atoms with van der Waals surface area (Å²) in [5.74, 6) is 2.83. The summed E-state index contributed by atoms with van der Waals surface area (Å²) in [5, 5.41) is 6.91. The van der Waals surface area contributed by atoms with Gasteiger partial charge in [-0.2, -0.15) is 0 Å². The minimum atomic E-state index is 0.498. The van der Waals surface area contributed by atoms with Crippen LogP contribution in [0.4, 0.5) is 11.6 Å². The van der Waals surface area contributed by atoms with Crippen molar-refractivity contribution in [1.82, 2.24) is 14.9 Å². The summed E-state index contributed by atoms with van der Waals surface area (Å²) in [5.41, 5.74) is 0. The van der Waals surface area contributed by atoms with E-state index in [-0.39, 0.29) is 0 Å². The summed E-state index contributed by atoms with van der Waals surface area (Å²) < 4.78 is 0. The molecule has 0 spiro atoms. The molecule has 5 nitrogen and oxygen atoms in total. The standard InChI is InChI=1S/C16H29N5/c1-4-8-14-19-15(17-5-2)11-16(20-14)18-13-9-7-10-21(6-3)12-13/h11,13H,4-10,12H2,1-3H3,(H2,17,18,19,20). The molecule has 1 fully saturated rings. The molecule has 0 bridgehead atoms. The second-order valence-corrected chi connectivity index (χ2v) is 5.71. The molecule has 1 aromatic heterocycles. The predicted molar refractivity (Wildman–Crippen MR) is 88.9 cm³/mol. The zero-order chi connectivity index (χ0) is 15.1. The molecule has 1 aliphatic rings. The van der Waals surface area contributed by atoms with Crippen LogP contribution in [0.2, 0.25) is 0 Å². The minimum absolute atomic E-state index is 0.498. The largest absolute Gasteiger partial charge is 0.370 e. The Hall–Kier alpha value is -1.36. The van der Waals surface area contributed by atoms with Crippen LogP contribution in [0.1, 0.15) is 45.9 Å². The van der Waals surface area contributed by atoms with Gasteiger partial charge >= 0.3 is 0 Å². The first kappa shape index (κ1) is 16.0. The number of likely N-dealkylation sites (N-methyl/N-ethyl adjacent to an activating group) is 1. The number of piperidine rings is 1. The van der Waals surface area contributed by atoms with Crippen molar-refractivity contribution < 1.29 is 0 Å². The Kier molecular flexibility index (Phi) is 6.23. The molecule has 21 heavy (non-hydrogen) atoms. The first-order valence-corrected chi connectivity index (χ1v) is 8.35. The number of anilines is 2. The zero-order valence-corrected chi connectivity index (χ0v) is 13.7. The molecule has 118 valence electrons. The van der Waals surface area contributed by atoms with Crippen LogP contribution >= 0.6 is 0 Å². The fraction of sp³-hybridized carbons (Fsp3) is 0.750. The highest BCUT2D eigenvalue weighted by molar-refractivity contribution is 5.48. The summed E-state index contributed by atoms with van der Waals surface area (Å²) in [6.07, 6.45) is 4.49. The Morgan fingerprint density at radius 1 is 1.24 bits per heavy atom. The molecule has 0 radical (unpaired) electrons. The van der Waals surface area contributed by atoms with E-state index < -0.39 is 0 Å². The number of aromatic nitrogens is 2. The van der Waals surface area contributed by atoms with Crippen molar-refractivity contribution in [2.45, 2.75) is 52.5 Å². The first-order chi connectivity index (χ1) is 10.2. The fourth-order valence-corrected chi connectivity index (χ4v) is 2.85. The van der Waals surface area contributed by atoms with Gasteiger partial charge in [0.05, 0.1) is 0 Å². The minimum Gasteiger partial charge on any atom is -0.370 e. The van der Waals surface area contributed by atoms with Crippen molar-refractivity contribution in [3.8, 4) is 0 Å². The SMILES string of the molecule is CCCc1nc(NCC)cc(NC2CCCN(CC)C2)n1. The number of nitrogens with one attached hydrogen (secondary N) is 2. The van der Waals surface area contributed by atoms with Crippen LogP contribution in [0, 0.1) is 0 Å². The normalized spacial score (nSPS) is 19.5. The van der Waals surface area contributed by atoms with E-state index in [9.17, 15) is 0 Å². The molecule has 5 heteroatoms. The number of aryl methyl sites for hydroxylation is 1. The van der Waals surface area contributed by atoms with Gasteiger partial charge in [0.2, 0.25) is 0 Å². The smallest absolute Gasteiger partial charge is 0.133 e. The summed E-state index contributed by atoms with van der Waals surface area (Å²) >= 11 is 0. The average Bonchev–Trinajstić information content (AvgIpc) is 2.48. The van der Waals surface area contributed by atoms with Crippen LogP contribution in [0.3, 0.4) is 0 Å². The highest BCUT2D eigenvalue weighted by atomic mass is 15.2. The van der Waals surface area contributed by atoms with Gasteiger partial charge < -0.3 is 15.5 Å². The maximum atomic E-state index is 4.67. The second-order valence-electron chi connectivity index (χ2n) is 5.71. The van der Waals surface area contributed by atoms with Gasteiger partial charge in [0, 0.05) is 31.6 Å². The molecule has 0 aromatic carbocycles. The lowest BCUT2D eigenvalue weighted by molar-refractivity contribution is 0.226. The molecule has 2 heterocycles. The lowest BCUT2D eigenvalue weighted by Gasteiger charge is -2.32. The number of hydrogen-bond acceptors (Lipinski definition) is 5. The Morgan fingerprint density at radius 2 is 2.05 bits per heavy atom. The average molecular weight is 291 g/mol. The maximum absolute atomic E-state index is 4.67. The van der Waals surface area contributed by atoms with Crippen LogP contribution in [0.5, 0.6) is 0 Å². The Morgan fingerprint density at radius 3 is 2.76 bits per heavy atom. The van der Waals surface area contributed by atoms with Gasteiger partial charge in [0.1, 0.15) is 17.5 Å². The Labute approximate surface area is 128 Å². The van der Waals surface area contributed by atoms with E-state index in [1.165, 1.54) is 19.4 Å². The molecule has 1 saturated heterocycles. The quantitative estimate of drug-likeness (QED) is 0.809. The molecule has 1 unspecified atom stereocenters. The maximum Gasteiger partial charge on any atom is 0.133 e. The second kappa shape index (κ2) is 8.17. The zero-order valence-electron chi connectivity index (χ0n) is 13.7. The van der Waals surface area contributed by atoms with E-state index in [0.29, 0.717) is 6.04 Å². The molecular formula is C16H29N5. The van der Waals surface area contributed by atoms with E-state index in [2.05, 4.69) is 46.3 Å². The summed E-state index contributed by atoms with van der Waals surface area (Å²) in [4.78, 5) is 11.7. The van der Waals surface area contributed by atoms with Crippen LogP contribution in [-0.2, 0) is 6.42 Å². The summed E-state index contributed by atoms with van der Waals surface area (Å²) in [6, 6.07) is 2.53. The van der Waals surface area contributed by atoms with Crippen molar-refractivity contribution >= 4 is 11.6 Å². The van der Waals surface area contributed by atoms with Crippen molar-refractivity contribution in [3.63, 3.8) is 0 Å². The lowest BCUT2D eigenvalue weighted by Crippen LogP contribution is -2.42. The Balaban J connectivity index is 2.06. The van der Waals surface area contributed by atoms with Crippen LogP contribution in [0.15, 0.2) is 6.07 Å². The van der Waals surface area contributed by atoms with E-state index in [1.807, 2.05) is 6.07 Å². The highest BCUT2D eigenvalue weighted by Gasteiger charge is 2.19. The van der Waals surface area contributed by atoms with Gasteiger partial charge in [-0.25, -0.2) is 9.97 Å². The summed E-state index contributed by atoms with van der Waals surface area (Å²) in [6.45, 7) is 10.8. The molecule has 0 saturated carbocycles. The van der Waals surface area contributed by atoms with E-state index in [1.54, 1.807) is 0 Å². The monoisotopic (exact) mass is 291 g/mol. The lowest BCUT2D eigenvalue weighted by atomic mass is 10.1. The van der Waals surface area contributed by atoms with E-state index in [0.717, 1.165) is 49.9 Å². The number of nitrogens with zero attached hydrogens (tertiary/aromatic N) is 3. The van der Waals surface area contributed by atoms with E-state index >= 15 is 0 Å². The molecule has 0 amide bonds. The summed E-state index contributed by atoms with van der Waals surface area (Å²) in [7, 11) is 0. The van der Waals surface area contributed by atoms with Gasteiger partial charge in [-0.1, -0.05) is 13.8 Å². The number of hydrogen-bond donors (Lipinski definition) is 2. The third-order valence-electron chi connectivity index (χ3n) is 3.91. The van der Waals surface area contributed by atoms with Gasteiger partial charge in [0.15, 0.2) is 0 Å². The van der Waals surface area contributed by atoms with E-state index in [4.69, 9.17) is 0 Å². The van der Waals surface area contributed by atoms with Gasteiger partial charge in [-0.05, 0) is 39.3 Å². The van der Waals surface area contributed by atoms with Crippen molar-refractivity contribution in [1.29, 1.82) is 0 Å². The van der Waals surface area contributed by atoms with Crippen LogP contribution < -0.4 is 10.6 Å². The molecule has 1 aliphatic heterocycles. The number of likely N-dealkylation sites (tertiary alicyclic amines) is 1. The highest BCUT2D eigenvalue weighted by Crippen LogP contribution is 2.17. The van der Waals surface area contributed by atoms with Gasteiger partial charge in [-0.15, -0.1) is 0 Å². The molecule has 1 aromatic rings. The fourth-order valence-electron chi connectivity index (χ4n) is 2.85. The van der Waals surface area contributed by atoms with Gasteiger partial charge in [0.25, 0.3) is 0 Å². The topological polar surface area (TPSA) is 53.1 Å². The van der Waals surface area contributed by atoms with Crippen LogP contribution in [-0.4, -0.2) is 47.1 Å². The Bertz CT molecular complexity index is 410. The van der Waals surface area contributed by atoms with Crippen molar-refractivity contribution in [2.75, 3.05) is 36.8 Å². The molecule has 0 aliphatic carbocycles. The predicted octanol–water partition coefficient (Wildman–Crippen LogP) is 2.76. The molecule has 2 N–H and O–H groups in total.